The maximum Gasteiger partial charge on any atom is 0.326 e. The van der Waals surface area contributed by atoms with E-state index >= 15 is 0 Å². The van der Waals surface area contributed by atoms with Crippen molar-refractivity contribution in [3.05, 3.63) is 34.9 Å². The first kappa shape index (κ1) is 48.1. The van der Waals surface area contributed by atoms with Gasteiger partial charge in [0.25, 0.3) is 5.91 Å². The van der Waals surface area contributed by atoms with E-state index in [1.807, 2.05) is 6.92 Å². The number of urea groups is 1. The summed E-state index contributed by atoms with van der Waals surface area (Å²) in [4.78, 5) is 98.2. The molecule has 0 aliphatic heterocycles. The highest BCUT2D eigenvalue weighted by Gasteiger charge is 2.25. The van der Waals surface area contributed by atoms with E-state index in [0.29, 0.717) is 70.0 Å². The van der Waals surface area contributed by atoms with Gasteiger partial charge < -0.3 is 58.5 Å². The van der Waals surface area contributed by atoms with Crippen molar-refractivity contribution in [3.8, 4) is 0 Å². The summed E-state index contributed by atoms with van der Waals surface area (Å²) in [6, 6.07) is 0.248. The zero-order valence-electron chi connectivity index (χ0n) is 31.6. The van der Waals surface area contributed by atoms with E-state index < -0.39 is 54.5 Å². The number of guanidine groups is 1. The SMILES string of the molecule is Cc1cc(C(=O)NCCCCC(NC(=O)CCCCCCC(=O)NCCCC[C@H](NC(=O)N[C@@H](CCC(=O)O)C(=O)O)C(=O)O)C(=O)O)ccc1CN=C(N)N. The van der Waals surface area contributed by atoms with Gasteiger partial charge in [-0.15, -0.1) is 0 Å². The molecule has 3 atom stereocenters. The van der Waals surface area contributed by atoms with Crippen LogP contribution >= 0.6 is 0 Å². The number of hydrogen-bond acceptors (Lipinski definition) is 9. The number of nitrogens with two attached hydrogens (primary N) is 2. The lowest BCUT2D eigenvalue weighted by molar-refractivity contribution is -0.142. The minimum atomic E-state index is -1.50. The van der Waals surface area contributed by atoms with Crippen molar-refractivity contribution < 1.29 is 58.8 Å². The topological polar surface area (TPSA) is 342 Å². The summed E-state index contributed by atoms with van der Waals surface area (Å²) in [6.07, 6.45) is 3.82. The van der Waals surface area contributed by atoms with Gasteiger partial charge in [0.05, 0.1) is 6.54 Å². The summed E-state index contributed by atoms with van der Waals surface area (Å²) in [5, 5.41) is 49.1. The van der Waals surface area contributed by atoms with Crippen molar-refractivity contribution in [2.45, 2.75) is 121 Å². The summed E-state index contributed by atoms with van der Waals surface area (Å²) >= 11 is 0. The van der Waals surface area contributed by atoms with Crippen LogP contribution in [0.25, 0.3) is 0 Å². The van der Waals surface area contributed by atoms with Gasteiger partial charge in [0.15, 0.2) is 5.96 Å². The fourth-order valence-corrected chi connectivity index (χ4v) is 5.35. The summed E-state index contributed by atoms with van der Waals surface area (Å²) in [7, 11) is 0. The van der Waals surface area contributed by atoms with E-state index in [4.69, 9.17) is 21.7 Å². The number of hydrogen-bond donors (Lipinski definition) is 11. The first-order valence-corrected chi connectivity index (χ1v) is 18.5. The normalized spacial score (nSPS) is 12.2. The third-order valence-electron chi connectivity index (χ3n) is 8.53. The lowest BCUT2D eigenvalue weighted by Gasteiger charge is -2.18. The monoisotopic (exact) mass is 792 g/mol. The maximum absolute atomic E-state index is 12.5. The van der Waals surface area contributed by atoms with Gasteiger partial charge in [0.2, 0.25) is 11.8 Å². The molecule has 312 valence electrons. The Morgan fingerprint density at radius 2 is 1.14 bits per heavy atom. The average Bonchev–Trinajstić information content (AvgIpc) is 3.12. The van der Waals surface area contributed by atoms with Crippen LogP contribution in [0.3, 0.4) is 0 Å². The van der Waals surface area contributed by atoms with Crippen LogP contribution in [-0.4, -0.2) is 105 Å². The molecule has 1 unspecified atom stereocenters. The molecule has 13 N–H and O–H groups in total. The Morgan fingerprint density at radius 3 is 1.66 bits per heavy atom. The van der Waals surface area contributed by atoms with Crippen LogP contribution in [0.2, 0.25) is 0 Å². The summed E-state index contributed by atoms with van der Waals surface area (Å²) in [5.74, 6) is -6.07. The molecule has 0 fully saturated rings. The van der Waals surface area contributed by atoms with E-state index in [1.54, 1.807) is 18.2 Å². The number of aryl methyl sites for hydroxylation is 1. The van der Waals surface area contributed by atoms with E-state index in [0.717, 1.165) is 11.1 Å². The Hall–Kier alpha value is -5.95. The number of carboxylic acids is 4. The van der Waals surface area contributed by atoms with Crippen molar-refractivity contribution in [2.24, 2.45) is 16.5 Å². The van der Waals surface area contributed by atoms with Crippen LogP contribution in [0.5, 0.6) is 0 Å². The third kappa shape index (κ3) is 21.7. The zero-order valence-corrected chi connectivity index (χ0v) is 31.6. The molecule has 0 spiro atoms. The summed E-state index contributed by atoms with van der Waals surface area (Å²) in [6.45, 7) is 2.76. The predicted molar refractivity (Wildman–Crippen MR) is 202 cm³/mol. The number of nitrogens with one attached hydrogen (secondary N) is 5. The van der Waals surface area contributed by atoms with Crippen LogP contribution in [-0.2, 0) is 35.3 Å². The Balaban J connectivity index is 2.22. The molecule has 20 nitrogen and oxygen atoms in total. The minimum Gasteiger partial charge on any atom is -0.481 e. The maximum atomic E-state index is 12.5. The molecule has 0 saturated heterocycles. The number of benzene rings is 1. The molecule has 0 saturated carbocycles. The van der Waals surface area contributed by atoms with Crippen molar-refractivity contribution in [2.75, 3.05) is 13.1 Å². The van der Waals surface area contributed by atoms with E-state index in [9.17, 15) is 48.6 Å². The molecule has 0 bridgehead atoms. The Kier molecular flexibility index (Phi) is 23.0. The lowest BCUT2D eigenvalue weighted by atomic mass is 10.0. The van der Waals surface area contributed by atoms with Crippen LogP contribution in [0, 0.1) is 6.92 Å². The van der Waals surface area contributed by atoms with E-state index in [2.05, 4.69) is 31.6 Å². The van der Waals surface area contributed by atoms with Crippen molar-refractivity contribution in [1.82, 2.24) is 26.6 Å². The van der Waals surface area contributed by atoms with Crippen LogP contribution in [0.15, 0.2) is 23.2 Å². The van der Waals surface area contributed by atoms with Crippen molar-refractivity contribution in [3.63, 3.8) is 0 Å². The van der Waals surface area contributed by atoms with E-state index in [-0.39, 0.29) is 62.3 Å². The first-order valence-electron chi connectivity index (χ1n) is 18.5. The standard InChI is InChI=1S/C36H56N8O12/c1-22-20-23(14-15-24(22)21-41-35(37)38)31(49)40-19-9-7-10-25(32(50)51)42-29(46)13-5-3-2-4-12-28(45)39-18-8-6-11-26(33(52)53)43-36(56)44-27(34(54)55)16-17-30(47)48/h14-15,20,25-27H,2-13,16-19,21H2,1H3,(H,39,45)(H,40,49)(H,42,46)(H,47,48)(H,50,51)(H,52,53)(H,54,55)(H4,37,38,41)(H2,43,44,56)/t25?,26-,27-/m0/s1. The molecule has 1 aromatic rings. The highest BCUT2D eigenvalue weighted by atomic mass is 16.4. The Labute approximate surface area is 324 Å². The molecule has 0 radical (unpaired) electrons. The Morgan fingerprint density at radius 1 is 0.625 bits per heavy atom. The number of nitrogens with zero attached hydrogens (tertiary/aromatic N) is 1. The fraction of sp³-hybridized carbons (Fsp3) is 0.583. The number of aliphatic carboxylic acids is 4. The van der Waals surface area contributed by atoms with Gasteiger partial charge in [-0.3, -0.25) is 19.2 Å². The molecule has 56 heavy (non-hydrogen) atoms. The van der Waals surface area contributed by atoms with Gasteiger partial charge in [0, 0.05) is 37.9 Å². The first-order chi connectivity index (χ1) is 26.5. The van der Waals surface area contributed by atoms with Crippen molar-refractivity contribution in [1.29, 1.82) is 0 Å². The molecular weight excluding hydrogens is 736 g/mol. The summed E-state index contributed by atoms with van der Waals surface area (Å²) in [5.41, 5.74) is 13.0. The van der Waals surface area contributed by atoms with Gasteiger partial charge in [-0.25, -0.2) is 24.2 Å². The van der Waals surface area contributed by atoms with Crippen molar-refractivity contribution >= 4 is 53.6 Å². The molecule has 1 aromatic carbocycles. The van der Waals surface area contributed by atoms with Crippen LogP contribution < -0.4 is 38.1 Å². The molecule has 20 heteroatoms. The highest BCUT2D eigenvalue weighted by molar-refractivity contribution is 5.94. The van der Waals surface area contributed by atoms with Crippen LogP contribution in [0.4, 0.5) is 4.79 Å². The van der Waals surface area contributed by atoms with E-state index in [1.165, 1.54) is 0 Å². The van der Waals surface area contributed by atoms with Gasteiger partial charge in [-0.1, -0.05) is 18.9 Å². The average molecular weight is 793 g/mol. The Bertz CT molecular complexity index is 1530. The second kappa shape index (κ2) is 26.8. The fourth-order valence-electron chi connectivity index (χ4n) is 5.35. The number of unbranched alkanes of at least 4 members (excludes halogenated alkanes) is 5. The largest absolute Gasteiger partial charge is 0.481 e. The lowest BCUT2D eigenvalue weighted by Crippen LogP contribution is -2.51. The number of carboxylic acid groups (broad SMARTS) is 4. The van der Waals surface area contributed by atoms with Gasteiger partial charge in [0.1, 0.15) is 18.1 Å². The number of aliphatic imine (C=N–C) groups is 1. The quantitative estimate of drug-likeness (QED) is 0.0306. The molecule has 0 aromatic heterocycles. The van der Waals surface area contributed by atoms with Gasteiger partial charge in [-0.05, 0) is 88.0 Å². The predicted octanol–water partition coefficient (Wildman–Crippen LogP) is 0.935. The molecule has 0 aliphatic carbocycles. The number of carbonyl (C=O) groups excluding carboxylic acids is 4. The molecule has 1 rings (SSSR count). The second-order valence-electron chi connectivity index (χ2n) is 13.2. The smallest absolute Gasteiger partial charge is 0.326 e. The van der Waals surface area contributed by atoms with Gasteiger partial charge in [-0.2, -0.15) is 0 Å². The molecule has 0 aliphatic rings. The summed E-state index contributed by atoms with van der Waals surface area (Å²) < 4.78 is 0. The molecule has 5 amide bonds. The van der Waals surface area contributed by atoms with Crippen LogP contribution in [0.1, 0.15) is 111 Å². The third-order valence-corrected chi connectivity index (χ3v) is 8.53. The molecule has 0 heterocycles. The zero-order chi connectivity index (χ0) is 42.0. The number of rotatable bonds is 29. The minimum absolute atomic E-state index is 0.00709. The van der Waals surface area contributed by atoms with Gasteiger partial charge >= 0.3 is 29.9 Å². The second-order valence-corrected chi connectivity index (χ2v) is 13.2. The molecular formula is C36H56N8O12. The number of carbonyl (C=O) groups is 8. The highest BCUT2D eigenvalue weighted by Crippen LogP contribution is 2.13. The number of amides is 5.